The zero-order chi connectivity index (χ0) is 8.72. The van der Waals surface area contributed by atoms with Gasteiger partial charge >= 0.3 is 0 Å². The molecule has 0 radical (unpaired) electrons. The van der Waals surface area contributed by atoms with E-state index in [4.69, 9.17) is 5.73 Å². The lowest BCUT2D eigenvalue weighted by Gasteiger charge is -2.06. The molecule has 1 aromatic rings. The topological polar surface area (TPSA) is 38.9 Å². The number of aromatic nitrogens is 1. The van der Waals surface area contributed by atoms with Crippen molar-refractivity contribution in [1.29, 1.82) is 0 Å². The van der Waals surface area contributed by atoms with Crippen molar-refractivity contribution >= 4 is 37.5 Å². The van der Waals surface area contributed by atoms with Crippen LogP contribution in [0.1, 0.15) is 17.7 Å². The summed E-state index contributed by atoms with van der Waals surface area (Å²) < 4.78 is 1.78. The first-order valence-electron chi connectivity index (χ1n) is 3.82. The number of hydrogen-bond acceptors (Lipinski definition) is 2. The second-order valence-electron chi connectivity index (χ2n) is 2.91. The molecule has 12 heavy (non-hydrogen) atoms. The average molecular weight is 292 g/mol. The Morgan fingerprint density at radius 1 is 1.25 bits per heavy atom. The molecule has 64 valence electrons. The quantitative estimate of drug-likeness (QED) is 0.747. The summed E-state index contributed by atoms with van der Waals surface area (Å²) in [6, 6.07) is 0. The summed E-state index contributed by atoms with van der Waals surface area (Å²) >= 11 is 6.82. The van der Waals surface area contributed by atoms with Gasteiger partial charge in [0.05, 0.1) is 5.69 Å². The SMILES string of the molecule is Nc1c(Br)nc2c(c1Br)CCC2. The van der Waals surface area contributed by atoms with E-state index in [1.807, 2.05) is 0 Å². The molecule has 2 nitrogen and oxygen atoms in total. The number of fused-ring (bicyclic) bond motifs is 1. The van der Waals surface area contributed by atoms with Gasteiger partial charge in [-0.25, -0.2) is 4.98 Å². The van der Waals surface area contributed by atoms with Crippen molar-refractivity contribution < 1.29 is 0 Å². The lowest BCUT2D eigenvalue weighted by Crippen LogP contribution is -1.97. The Kier molecular flexibility index (Phi) is 2.12. The van der Waals surface area contributed by atoms with Gasteiger partial charge in [0.15, 0.2) is 0 Å². The number of nitrogens with zero attached hydrogens (tertiary/aromatic N) is 1. The molecule has 0 saturated carbocycles. The molecule has 0 bridgehead atoms. The molecule has 1 heterocycles. The average Bonchev–Trinajstić information content (AvgIpc) is 2.48. The molecule has 4 heteroatoms. The summed E-state index contributed by atoms with van der Waals surface area (Å²) in [4.78, 5) is 4.38. The van der Waals surface area contributed by atoms with Crippen LogP contribution in [0.4, 0.5) is 5.69 Å². The molecular formula is C8H8Br2N2. The molecule has 0 aromatic carbocycles. The maximum Gasteiger partial charge on any atom is 0.130 e. The highest BCUT2D eigenvalue weighted by Gasteiger charge is 2.18. The van der Waals surface area contributed by atoms with Gasteiger partial charge in [0.2, 0.25) is 0 Å². The second kappa shape index (κ2) is 3.00. The molecule has 2 rings (SSSR count). The largest absolute Gasteiger partial charge is 0.396 e. The summed E-state index contributed by atoms with van der Waals surface area (Å²) in [5.41, 5.74) is 8.99. The summed E-state index contributed by atoms with van der Waals surface area (Å²) in [6.07, 6.45) is 3.37. The van der Waals surface area contributed by atoms with E-state index in [1.54, 1.807) is 0 Å². The van der Waals surface area contributed by atoms with Crippen LogP contribution >= 0.6 is 31.9 Å². The van der Waals surface area contributed by atoms with Crippen LogP contribution in [0.15, 0.2) is 9.08 Å². The molecule has 0 unspecified atom stereocenters. The van der Waals surface area contributed by atoms with Crippen molar-refractivity contribution in [2.45, 2.75) is 19.3 Å². The molecular weight excluding hydrogens is 284 g/mol. The predicted molar refractivity (Wildman–Crippen MR) is 56.1 cm³/mol. The van der Waals surface area contributed by atoms with Gasteiger partial charge in [0.1, 0.15) is 4.60 Å². The molecule has 1 aromatic heterocycles. The van der Waals surface area contributed by atoms with Gasteiger partial charge < -0.3 is 5.73 Å². The number of pyridine rings is 1. The van der Waals surface area contributed by atoms with Crippen LogP contribution in [-0.2, 0) is 12.8 Å². The zero-order valence-corrected chi connectivity index (χ0v) is 9.57. The first-order valence-corrected chi connectivity index (χ1v) is 5.41. The van der Waals surface area contributed by atoms with Gasteiger partial charge in [0.25, 0.3) is 0 Å². The fourth-order valence-electron chi connectivity index (χ4n) is 1.52. The Balaban J connectivity index is 2.67. The van der Waals surface area contributed by atoms with Crippen LogP contribution in [0.5, 0.6) is 0 Å². The normalized spacial score (nSPS) is 14.8. The minimum absolute atomic E-state index is 0.718. The Morgan fingerprint density at radius 3 is 2.75 bits per heavy atom. The third-order valence-electron chi connectivity index (χ3n) is 2.15. The molecule has 0 atom stereocenters. The van der Waals surface area contributed by atoms with E-state index < -0.39 is 0 Å². The van der Waals surface area contributed by atoms with Gasteiger partial charge in [-0.3, -0.25) is 0 Å². The van der Waals surface area contributed by atoms with Crippen molar-refractivity contribution in [1.82, 2.24) is 4.98 Å². The van der Waals surface area contributed by atoms with Crippen LogP contribution in [0.3, 0.4) is 0 Å². The predicted octanol–water partition coefficient (Wildman–Crippen LogP) is 2.68. The minimum Gasteiger partial charge on any atom is -0.396 e. The van der Waals surface area contributed by atoms with Gasteiger partial charge in [-0.05, 0) is 56.7 Å². The van der Waals surface area contributed by atoms with E-state index >= 15 is 0 Å². The van der Waals surface area contributed by atoms with Gasteiger partial charge in [-0.15, -0.1) is 0 Å². The molecule has 0 spiro atoms. The highest BCUT2D eigenvalue weighted by molar-refractivity contribution is 9.11. The van der Waals surface area contributed by atoms with E-state index in [0.29, 0.717) is 0 Å². The van der Waals surface area contributed by atoms with Crippen molar-refractivity contribution in [3.63, 3.8) is 0 Å². The van der Waals surface area contributed by atoms with Crippen molar-refractivity contribution in [3.05, 3.63) is 20.3 Å². The number of rotatable bonds is 0. The molecule has 1 aliphatic rings. The highest BCUT2D eigenvalue weighted by Crippen LogP contribution is 2.35. The number of nitrogens with two attached hydrogens (primary N) is 1. The van der Waals surface area contributed by atoms with Gasteiger partial charge in [-0.2, -0.15) is 0 Å². The number of halogens is 2. The number of hydrogen-bond donors (Lipinski definition) is 1. The number of anilines is 1. The first kappa shape index (κ1) is 8.51. The lowest BCUT2D eigenvalue weighted by molar-refractivity contribution is 0.897. The summed E-state index contributed by atoms with van der Waals surface area (Å²) in [7, 11) is 0. The van der Waals surface area contributed by atoms with E-state index in [9.17, 15) is 0 Å². The highest BCUT2D eigenvalue weighted by atomic mass is 79.9. The third kappa shape index (κ3) is 1.17. The van der Waals surface area contributed by atoms with E-state index in [2.05, 4.69) is 36.8 Å². The Hall–Kier alpha value is -0.0900. The monoisotopic (exact) mass is 290 g/mol. The van der Waals surface area contributed by atoms with E-state index in [0.717, 1.165) is 27.6 Å². The van der Waals surface area contributed by atoms with Crippen LogP contribution in [0, 0.1) is 0 Å². The van der Waals surface area contributed by atoms with E-state index in [1.165, 1.54) is 17.7 Å². The number of nitrogen functional groups attached to an aromatic ring is 1. The number of aryl methyl sites for hydroxylation is 1. The van der Waals surface area contributed by atoms with Gasteiger partial charge in [-0.1, -0.05) is 0 Å². The zero-order valence-electron chi connectivity index (χ0n) is 6.40. The summed E-state index contributed by atoms with van der Waals surface area (Å²) in [5, 5.41) is 0. The van der Waals surface area contributed by atoms with Crippen molar-refractivity contribution in [3.8, 4) is 0 Å². The summed E-state index contributed by atoms with van der Waals surface area (Å²) in [5.74, 6) is 0. The van der Waals surface area contributed by atoms with E-state index in [-0.39, 0.29) is 0 Å². The van der Waals surface area contributed by atoms with Crippen molar-refractivity contribution in [2.75, 3.05) is 5.73 Å². The molecule has 1 aliphatic carbocycles. The maximum absolute atomic E-state index is 5.80. The van der Waals surface area contributed by atoms with Crippen LogP contribution < -0.4 is 5.73 Å². The second-order valence-corrected chi connectivity index (χ2v) is 4.45. The van der Waals surface area contributed by atoms with Crippen molar-refractivity contribution in [2.24, 2.45) is 0 Å². The van der Waals surface area contributed by atoms with Crippen LogP contribution in [-0.4, -0.2) is 4.98 Å². The standard InChI is InChI=1S/C8H8Br2N2/c9-6-4-2-1-3-5(4)12-8(10)7(6)11/h1-3,11H2. The molecule has 0 aliphatic heterocycles. The summed E-state index contributed by atoms with van der Waals surface area (Å²) in [6.45, 7) is 0. The third-order valence-corrected chi connectivity index (χ3v) is 3.66. The minimum atomic E-state index is 0.718. The fourth-order valence-corrected chi connectivity index (χ4v) is 2.81. The van der Waals surface area contributed by atoms with Crippen LogP contribution in [0.25, 0.3) is 0 Å². The van der Waals surface area contributed by atoms with Gasteiger partial charge in [0, 0.05) is 10.2 Å². The Morgan fingerprint density at radius 2 is 2.00 bits per heavy atom. The Labute approximate surface area is 87.8 Å². The maximum atomic E-state index is 5.80. The smallest absolute Gasteiger partial charge is 0.130 e. The molecule has 2 N–H and O–H groups in total. The fraction of sp³-hybridized carbons (Fsp3) is 0.375. The molecule has 0 amide bonds. The lowest BCUT2D eigenvalue weighted by atomic mass is 10.2. The Bertz CT molecular complexity index is 336. The molecule has 0 saturated heterocycles. The van der Waals surface area contributed by atoms with Crippen LogP contribution in [0.2, 0.25) is 0 Å². The molecule has 0 fully saturated rings. The first-order chi connectivity index (χ1) is 5.70.